The van der Waals surface area contributed by atoms with Crippen molar-refractivity contribution in [2.24, 2.45) is 0 Å². The maximum atomic E-state index is 11.1. The molecule has 2 aromatic rings. The van der Waals surface area contributed by atoms with Gasteiger partial charge in [-0.25, -0.2) is 0 Å². The summed E-state index contributed by atoms with van der Waals surface area (Å²) in [6.45, 7) is 0. The second-order valence-electron chi connectivity index (χ2n) is 2.84. The van der Waals surface area contributed by atoms with E-state index in [1.165, 1.54) is 0 Å². The molecule has 14 heavy (non-hydrogen) atoms. The summed E-state index contributed by atoms with van der Waals surface area (Å²) < 4.78 is 2.12. The van der Waals surface area contributed by atoms with Gasteiger partial charge in [-0.3, -0.25) is 0 Å². The first-order valence-corrected chi connectivity index (χ1v) is 7.06. The van der Waals surface area contributed by atoms with Crippen molar-refractivity contribution < 1.29 is 0 Å². The fourth-order valence-corrected chi connectivity index (χ4v) is 7.06. The van der Waals surface area contributed by atoms with Gasteiger partial charge in [0.25, 0.3) is 0 Å². The monoisotopic (exact) mass is 320 g/mol. The molecular formula is C8O4Se2. The van der Waals surface area contributed by atoms with Crippen LogP contribution in [0.5, 0.6) is 0 Å². The summed E-state index contributed by atoms with van der Waals surface area (Å²) in [7, 11) is 0. The number of fused-ring (bicyclic) bond motifs is 2. The van der Waals surface area contributed by atoms with Gasteiger partial charge in [0.2, 0.25) is 0 Å². The van der Waals surface area contributed by atoms with Crippen molar-refractivity contribution in [3.05, 3.63) is 40.9 Å². The van der Waals surface area contributed by atoms with Gasteiger partial charge in [-0.2, -0.15) is 0 Å². The summed E-state index contributed by atoms with van der Waals surface area (Å²) in [6.07, 6.45) is 0. The Hall–Kier alpha value is -0.801. The molecule has 0 atom stereocenters. The van der Waals surface area contributed by atoms with Gasteiger partial charge in [0.15, 0.2) is 0 Å². The van der Waals surface area contributed by atoms with Crippen LogP contribution in [0.2, 0.25) is 0 Å². The molecule has 0 bridgehead atoms. The Morgan fingerprint density at radius 2 is 0.714 bits per heavy atom. The van der Waals surface area contributed by atoms with E-state index in [1.807, 2.05) is 0 Å². The molecule has 0 aromatic heterocycles. The van der Waals surface area contributed by atoms with Crippen molar-refractivity contribution in [2.45, 2.75) is 0 Å². The van der Waals surface area contributed by atoms with Gasteiger partial charge in [0.05, 0.1) is 0 Å². The van der Waals surface area contributed by atoms with Crippen LogP contribution >= 0.6 is 0 Å². The Bertz CT molecular complexity index is 588. The third-order valence-electron chi connectivity index (χ3n) is 2.06. The van der Waals surface area contributed by atoms with Gasteiger partial charge in [-0.15, -0.1) is 0 Å². The van der Waals surface area contributed by atoms with Gasteiger partial charge >= 0.3 is 88.7 Å². The van der Waals surface area contributed by atoms with Gasteiger partial charge in [0.1, 0.15) is 0 Å². The van der Waals surface area contributed by atoms with E-state index in [0.717, 1.165) is 0 Å². The summed E-state index contributed by atoms with van der Waals surface area (Å²) in [6, 6.07) is 0. The standard InChI is InChI=1S/C8O4Se2/c9-1-2(10)6-5(1)13-7-3(11)4(12)8(7)14-6. The molecular weight excluding hydrogens is 318 g/mol. The zero-order valence-corrected chi connectivity index (χ0v) is 9.88. The number of hydrogen-bond donors (Lipinski definition) is 0. The van der Waals surface area contributed by atoms with Crippen LogP contribution in [-0.4, -0.2) is 29.9 Å². The summed E-state index contributed by atoms with van der Waals surface area (Å²) in [5, 5.41) is 0. The molecule has 2 aromatic carbocycles. The van der Waals surface area contributed by atoms with Crippen LogP contribution in [0, 0.1) is 0 Å². The van der Waals surface area contributed by atoms with Gasteiger partial charge in [-0.05, 0) is 0 Å². The Morgan fingerprint density at radius 3 is 0.929 bits per heavy atom. The number of hydrogen-bond acceptors (Lipinski definition) is 4. The topological polar surface area (TPSA) is 68.3 Å². The van der Waals surface area contributed by atoms with E-state index in [0.29, 0.717) is 17.8 Å². The molecule has 0 unspecified atom stereocenters. The summed E-state index contributed by atoms with van der Waals surface area (Å²) in [5.74, 6) is 0. The third-order valence-corrected chi connectivity index (χ3v) is 8.35. The Balaban J connectivity index is 2.25. The van der Waals surface area contributed by atoms with Crippen LogP contribution < -0.4 is 39.6 Å². The normalized spacial score (nSPS) is 14.3. The minimum absolute atomic E-state index is 0.374. The summed E-state index contributed by atoms with van der Waals surface area (Å²) >= 11 is -0.749. The summed E-state index contributed by atoms with van der Waals surface area (Å²) in [5.41, 5.74) is -1.78. The molecule has 6 heteroatoms. The molecule has 0 radical (unpaired) electrons. The van der Waals surface area contributed by atoms with Crippen LogP contribution in [-0.2, 0) is 0 Å². The zero-order valence-electron chi connectivity index (χ0n) is 6.45. The minimum atomic E-state index is -0.444. The second-order valence-corrected chi connectivity index (χ2v) is 7.12. The first-order chi connectivity index (χ1) is 6.61. The van der Waals surface area contributed by atoms with Crippen molar-refractivity contribution in [3.63, 3.8) is 0 Å². The van der Waals surface area contributed by atoms with Gasteiger partial charge < -0.3 is 0 Å². The molecule has 1 aliphatic heterocycles. The summed E-state index contributed by atoms with van der Waals surface area (Å²) in [4.78, 5) is 44.2. The molecule has 0 fully saturated rings. The van der Waals surface area contributed by atoms with Crippen LogP contribution in [0.25, 0.3) is 0 Å². The number of rotatable bonds is 0. The van der Waals surface area contributed by atoms with Crippen LogP contribution in [0.4, 0.5) is 0 Å². The van der Waals surface area contributed by atoms with Crippen molar-refractivity contribution in [1.29, 1.82) is 0 Å². The van der Waals surface area contributed by atoms with E-state index >= 15 is 0 Å². The molecule has 4 nitrogen and oxygen atoms in total. The van der Waals surface area contributed by atoms with E-state index in [-0.39, 0.29) is 29.9 Å². The molecule has 0 aliphatic carbocycles. The quantitative estimate of drug-likeness (QED) is 0.306. The second kappa shape index (κ2) is 2.41. The van der Waals surface area contributed by atoms with Crippen molar-refractivity contribution in [2.75, 3.05) is 0 Å². The molecule has 0 amide bonds. The molecule has 1 aliphatic rings. The molecule has 3 rings (SSSR count). The Labute approximate surface area is 88.6 Å². The fraction of sp³-hybridized carbons (Fsp3) is 0. The molecule has 0 saturated heterocycles. The van der Waals surface area contributed by atoms with Crippen LogP contribution in [0.1, 0.15) is 0 Å². The maximum absolute atomic E-state index is 11.1. The van der Waals surface area contributed by atoms with Crippen LogP contribution in [0.3, 0.4) is 0 Å². The molecule has 68 valence electrons. The van der Waals surface area contributed by atoms with E-state index in [1.54, 1.807) is 0 Å². The Morgan fingerprint density at radius 1 is 0.500 bits per heavy atom. The first kappa shape index (κ1) is 8.50. The van der Waals surface area contributed by atoms with E-state index in [2.05, 4.69) is 0 Å². The molecule has 0 saturated carbocycles. The average molecular weight is 318 g/mol. The van der Waals surface area contributed by atoms with E-state index < -0.39 is 21.7 Å². The molecule has 0 spiro atoms. The van der Waals surface area contributed by atoms with E-state index in [9.17, 15) is 19.2 Å². The zero-order chi connectivity index (χ0) is 10.0. The van der Waals surface area contributed by atoms with Gasteiger partial charge in [-0.1, -0.05) is 0 Å². The first-order valence-electron chi connectivity index (χ1n) is 3.63. The predicted molar refractivity (Wildman–Crippen MR) is 52.8 cm³/mol. The Kier molecular flexibility index (Phi) is 1.46. The molecule has 0 N–H and O–H groups in total. The van der Waals surface area contributed by atoms with Crippen LogP contribution in [0.15, 0.2) is 19.2 Å². The fourth-order valence-electron chi connectivity index (χ4n) is 1.27. The third kappa shape index (κ3) is 0.758. The van der Waals surface area contributed by atoms with Gasteiger partial charge in [0, 0.05) is 0 Å². The average Bonchev–Trinajstić information content (AvgIpc) is 2.24. The van der Waals surface area contributed by atoms with Crippen molar-refractivity contribution >= 4 is 47.8 Å². The van der Waals surface area contributed by atoms with Crippen molar-refractivity contribution in [3.8, 4) is 0 Å². The predicted octanol–water partition coefficient (Wildman–Crippen LogP) is -5.50. The van der Waals surface area contributed by atoms with Crippen molar-refractivity contribution in [1.82, 2.24) is 0 Å². The molecule has 1 heterocycles. The SMILES string of the molecule is O=c1c2c(c1=O)[Se]c1c(c(=O)c1=O)[Se]2. The van der Waals surface area contributed by atoms with E-state index in [4.69, 9.17) is 0 Å².